The van der Waals surface area contributed by atoms with E-state index >= 15 is 0 Å². The third-order valence-electron chi connectivity index (χ3n) is 2.79. The van der Waals surface area contributed by atoms with Crippen molar-refractivity contribution < 1.29 is 5.11 Å². The molecule has 0 aromatic carbocycles. The Morgan fingerprint density at radius 2 is 2.12 bits per heavy atom. The van der Waals surface area contributed by atoms with E-state index in [2.05, 4.69) is 20.9 Å². The molecule has 2 N–H and O–H groups in total. The van der Waals surface area contributed by atoms with E-state index in [1.165, 1.54) is 5.69 Å². The molecule has 1 atom stereocenters. The van der Waals surface area contributed by atoms with Crippen LogP contribution in [0.1, 0.15) is 17.4 Å². The maximum Gasteiger partial charge on any atom is 0.0915 e. The van der Waals surface area contributed by atoms with Gasteiger partial charge in [0.15, 0.2) is 0 Å². The fraction of sp³-hybridized carbons (Fsp3) is 0.308. The number of aromatic nitrogens is 2. The number of hydrogen-bond donors (Lipinski definition) is 2. The summed E-state index contributed by atoms with van der Waals surface area (Å²) in [5.74, 6) is 0. The highest BCUT2D eigenvalue weighted by molar-refractivity contribution is 5.13. The van der Waals surface area contributed by atoms with Crippen molar-refractivity contribution in [2.45, 2.75) is 12.6 Å². The number of aliphatic hydroxyl groups is 1. The Bertz CT molecular complexity index is 453. The molecule has 17 heavy (non-hydrogen) atoms. The van der Waals surface area contributed by atoms with E-state index in [0.29, 0.717) is 6.54 Å². The van der Waals surface area contributed by atoms with Crippen LogP contribution >= 0.6 is 0 Å². The Balaban J connectivity index is 1.81. The molecule has 0 fully saturated rings. The molecule has 0 aliphatic rings. The second kappa shape index (κ2) is 5.61. The average molecular weight is 231 g/mol. The summed E-state index contributed by atoms with van der Waals surface area (Å²) >= 11 is 0. The van der Waals surface area contributed by atoms with E-state index in [-0.39, 0.29) is 0 Å². The van der Waals surface area contributed by atoms with Crippen LogP contribution in [0, 0.1) is 0 Å². The van der Waals surface area contributed by atoms with Crippen molar-refractivity contribution in [2.24, 2.45) is 7.05 Å². The lowest BCUT2D eigenvalue weighted by atomic mass is 10.1. The largest absolute Gasteiger partial charge is 0.387 e. The topological polar surface area (TPSA) is 50.1 Å². The van der Waals surface area contributed by atoms with Crippen molar-refractivity contribution in [3.8, 4) is 0 Å². The fourth-order valence-corrected chi connectivity index (χ4v) is 1.72. The maximum atomic E-state index is 9.92. The van der Waals surface area contributed by atoms with Gasteiger partial charge in [0.05, 0.1) is 6.10 Å². The van der Waals surface area contributed by atoms with Crippen molar-refractivity contribution in [1.29, 1.82) is 0 Å². The molecule has 0 aliphatic heterocycles. The Morgan fingerprint density at radius 1 is 1.35 bits per heavy atom. The number of pyridine rings is 1. The van der Waals surface area contributed by atoms with Crippen LogP contribution in [0.2, 0.25) is 0 Å². The Kier molecular flexibility index (Phi) is 3.90. The first kappa shape index (κ1) is 11.8. The van der Waals surface area contributed by atoms with Gasteiger partial charge in [0.2, 0.25) is 0 Å². The van der Waals surface area contributed by atoms with Crippen molar-refractivity contribution in [3.63, 3.8) is 0 Å². The van der Waals surface area contributed by atoms with Crippen molar-refractivity contribution in [1.82, 2.24) is 14.9 Å². The number of aryl methyl sites for hydroxylation is 1. The minimum Gasteiger partial charge on any atom is -0.387 e. The Labute approximate surface area is 101 Å². The summed E-state index contributed by atoms with van der Waals surface area (Å²) in [5.41, 5.74) is 2.09. The van der Waals surface area contributed by atoms with Gasteiger partial charge in [0.25, 0.3) is 0 Å². The highest BCUT2D eigenvalue weighted by atomic mass is 16.3. The summed E-state index contributed by atoms with van der Waals surface area (Å²) < 4.78 is 2.06. The molecule has 0 amide bonds. The normalized spacial score (nSPS) is 12.6. The fourth-order valence-electron chi connectivity index (χ4n) is 1.72. The second-order valence-electron chi connectivity index (χ2n) is 4.04. The first-order valence-corrected chi connectivity index (χ1v) is 5.66. The zero-order valence-electron chi connectivity index (χ0n) is 9.87. The molecule has 2 heterocycles. The molecule has 0 saturated heterocycles. The number of nitrogens with one attached hydrogen (secondary N) is 1. The minimum atomic E-state index is -0.488. The highest BCUT2D eigenvalue weighted by Gasteiger charge is 2.06. The minimum absolute atomic E-state index is 0.488. The van der Waals surface area contributed by atoms with E-state index in [9.17, 15) is 5.11 Å². The second-order valence-corrected chi connectivity index (χ2v) is 4.04. The van der Waals surface area contributed by atoms with Gasteiger partial charge in [0, 0.05) is 44.4 Å². The van der Waals surface area contributed by atoms with Gasteiger partial charge < -0.3 is 15.0 Å². The number of nitrogens with zero attached hydrogens (tertiary/aromatic N) is 2. The molecule has 0 aliphatic carbocycles. The summed E-state index contributed by atoms with van der Waals surface area (Å²) in [6, 6.07) is 7.73. The number of rotatable bonds is 5. The molecule has 0 spiro atoms. The van der Waals surface area contributed by atoms with Crippen LogP contribution < -0.4 is 5.32 Å². The van der Waals surface area contributed by atoms with Gasteiger partial charge in [0.1, 0.15) is 0 Å². The third-order valence-corrected chi connectivity index (χ3v) is 2.79. The maximum absolute atomic E-state index is 9.92. The molecule has 2 aromatic heterocycles. The van der Waals surface area contributed by atoms with Gasteiger partial charge in [-0.15, -0.1) is 0 Å². The van der Waals surface area contributed by atoms with Crippen LogP contribution in [-0.2, 0) is 13.6 Å². The molecule has 0 radical (unpaired) electrons. The van der Waals surface area contributed by atoms with Crippen molar-refractivity contribution >= 4 is 0 Å². The van der Waals surface area contributed by atoms with Crippen molar-refractivity contribution in [2.75, 3.05) is 6.54 Å². The van der Waals surface area contributed by atoms with Crippen LogP contribution in [0.15, 0.2) is 42.9 Å². The number of hydrogen-bond acceptors (Lipinski definition) is 3. The molecular formula is C13H17N3O. The van der Waals surface area contributed by atoms with E-state index in [1.807, 2.05) is 31.4 Å². The zero-order chi connectivity index (χ0) is 12.1. The lowest BCUT2D eigenvalue weighted by Crippen LogP contribution is -2.22. The van der Waals surface area contributed by atoms with E-state index in [4.69, 9.17) is 0 Å². The Morgan fingerprint density at radius 3 is 2.76 bits per heavy atom. The van der Waals surface area contributed by atoms with Crippen LogP contribution in [0.3, 0.4) is 0 Å². The first-order chi connectivity index (χ1) is 8.27. The Hall–Kier alpha value is -1.65. The van der Waals surface area contributed by atoms with E-state index in [0.717, 1.165) is 12.1 Å². The summed E-state index contributed by atoms with van der Waals surface area (Å²) in [7, 11) is 2.01. The molecule has 4 nitrogen and oxygen atoms in total. The van der Waals surface area contributed by atoms with E-state index in [1.54, 1.807) is 12.4 Å². The molecule has 2 aromatic rings. The van der Waals surface area contributed by atoms with E-state index < -0.39 is 6.10 Å². The molecule has 4 heteroatoms. The SMILES string of the molecule is Cn1cccc1CNCC(O)c1ccncc1. The third kappa shape index (κ3) is 3.15. The average Bonchev–Trinajstić information content (AvgIpc) is 2.76. The van der Waals surface area contributed by atoms with Crippen LogP contribution in [-0.4, -0.2) is 21.2 Å². The molecule has 0 saturated carbocycles. The summed E-state index contributed by atoms with van der Waals surface area (Å²) in [5, 5.41) is 13.2. The quantitative estimate of drug-likeness (QED) is 0.814. The predicted molar refractivity (Wildman–Crippen MR) is 66.3 cm³/mol. The molecular weight excluding hydrogens is 214 g/mol. The molecule has 1 unspecified atom stereocenters. The standard InChI is InChI=1S/C13H17N3O/c1-16-8-2-3-12(16)9-15-10-13(17)11-4-6-14-7-5-11/h2-8,13,15,17H,9-10H2,1H3. The summed E-state index contributed by atoms with van der Waals surface area (Å²) in [6.45, 7) is 1.29. The highest BCUT2D eigenvalue weighted by Crippen LogP contribution is 2.09. The van der Waals surface area contributed by atoms with Gasteiger partial charge in [-0.1, -0.05) is 0 Å². The summed E-state index contributed by atoms with van der Waals surface area (Å²) in [6.07, 6.45) is 4.90. The monoisotopic (exact) mass is 231 g/mol. The van der Waals surface area contributed by atoms with Crippen LogP contribution in [0.25, 0.3) is 0 Å². The van der Waals surface area contributed by atoms with Gasteiger partial charge in [-0.25, -0.2) is 0 Å². The predicted octanol–water partition coefficient (Wildman–Crippen LogP) is 1.24. The van der Waals surface area contributed by atoms with Gasteiger partial charge in [-0.05, 0) is 29.8 Å². The smallest absolute Gasteiger partial charge is 0.0915 e. The number of aliphatic hydroxyl groups excluding tert-OH is 1. The lowest BCUT2D eigenvalue weighted by Gasteiger charge is -2.12. The lowest BCUT2D eigenvalue weighted by molar-refractivity contribution is 0.174. The first-order valence-electron chi connectivity index (χ1n) is 5.66. The van der Waals surface area contributed by atoms with Gasteiger partial charge in [-0.2, -0.15) is 0 Å². The summed E-state index contributed by atoms with van der Waals surface area (Å²) in [4.78, 5) is 3.93. The molecule has 2 rings (SSSR count). The van der Waals surface area contributed by atoms with Crippen LogP contribution in [0.5, 0.6) is 0 Å². The molecule has 90 valence electrons. The van der Waals surface area contributed by atoms with Crippen LogP contribution in [0.4, 0.5) is 0 Å². The zero-order valence-corrected chi connectivity index (χ0v) is 9.87. The van der Waals surface area contributed by atoms with Crippen molar-refractivity contribution in [3.05, 3.63) is 54.1 Å². The van der Waals surface area contributed by atoms with Gasteiger partial charge in [-0.3, -0.25) is 4.98 Å². The van der Waals surface area contributed by atoms with Gasteiger partial charge >= 0.3 is 0 Å². The molecule has 0 bridgehead atoms.